The van der Waals surface area contributed by atoms with Crippen LogP contribution in [0.15, 0.2) is 0 Å². The van der Waals surface area contributed by atoms with E-state index in [0.29, 0.717) is 0 Å². The molecular formula is C15H27NO. The van der Waals surface area contributed by atoms with Crippen LogP contribution in [-0.4, -0.2) is 35.7 Å². The summed E-state index contributed by atoms with van der Waals surface area (Å²) in [6, 6.07) is 0. The van der Waals surface area contributed by atoms with Gasteiger partial charge in [0.15, 0.2) is 0 Å². The van der Waals surface area contributed by atoms with Gasteiger partial charge in [-0.1, -0.05) is 25.7 Å². The van der Waals surface area contributed by atoms with Gasteiger partial charge in [0.1, 0.15) is 0 Å². The Balaban J connectivity index is 2.65. The van der Waals surface area contributed by atoms with E-state index >= 15 is 0 Å². The van der Waals surface area contributed by atoms with Crippen molar-refractivity contribution in [1.82, 2.24) is 4.90 Å². The Morgan fingerprint density at radius 3 is 2.29 bits per heavy atom. The molecule has 2 heteroatoms. The predicted molar refractivity (Wildman–Crippen MR) is 72.8 cm³/mol. The molecule has 0 aliphatic heterocycles. The molecule has 0 aromatic carbocycles. The van der Waals surface area contributed by atoms with Gasteiger partial charge in [-0.25, -0.2) is 0 Å². The van der Waals surface area contributed by atoms with Crippen molar-refractivity contribution in [3.05, 3.63) is 0 Å². The summed E-state index contributed by atoms with van der Waals surface area (Å²) in [6.45, 7) is 0. The van der Waals surface area contributed by atoms with Crippen LogP contribution in [0, 0.1) is 12.3 Å². The van der Waals surface area contributed by atoms with Gasteiger partial charge in [0.05, 0.1) is 6.10 Å². The number of terminal acetylenes is 1. The molecule has 0 amide bonds. The monoisotopic (exact) mass is 237 g/mol. The molecule has 1 unspecified atom stereocenters. The largest absolute Gasteiger partial charge is 0.391 e. The van der Waals surface area contributed by atoms with E-state index in [9.17, 15) is 5.11 Å². The molecule has 1 fully saturated rings. The minimum Gasteiger partial charge on any atom is -0.391 e. The summed E-state index contributed by atoms with van der Waals surface area (Å²) in [5.74, 6) is 2.66. The lowest BCUT2D eigenvalue weighted by atomic mass is 9.81. The van der Waals surface area contributed by atoms with E-state index in [4.69, 9.17) is 6.42 Å². The predicted octanol–water partition coefficient (Wildman–Crippen LogP) is 2.81. The molecule has 17 heavy (non-hydrogen) atoms. The van der Waals surface area contributed by atoms with Crippen LogP contribution in [0.4, 0.5) is 0 Å². The lowest BCUT2D eigenvalue weighted by Crippen LogP contribution is -2.53. The first kappa shape index (κ1) is 14.5. The highest BCUT2D eigenvalue weighted by Crippen LogP contribution is 2.35. The molecule has 1 aliphatic carbocycles. The molecule has 1 rings (SSSR count). The molecule has 0 aromatic rings. The summed E-state index contributed by atoms with van der Waals surface area (Å²) in [6.07, 6.45) is 14.9. The molecule has 1 N–H and O–H groups in total. The third-order valence-electron chi connectivity index (χ3n) is 4.28. The van der Waals surface area contributed by atoms with Gasteiger partial charge < -0.3 is 10.0 Å². The molecule has 0 heterocycles. The zero-order chi connectivity index (χ0) is 12.7. The Morgan fingerprint density at radius 2 is 1.82 bits per heavy atom. The molecular weight excluding hydrogens is 210 g/mol. The number of aliphatic hydroxyl groups excluding tert-OH is 1. The molecule has 2 nitrogen and oxygen atoms in total. The molecule has 0 spiro atoms. The van der Waals surface area contributed by atoms with E-state index in [-0.39, 0.29) is 11.6 Å². The highest BCUT2D eigenvalue weighted by molar-refractivity contribution is 4.96. The molecule has 1 atom stereocenters. The second kappa shape index (κ2) is 7.03. The van der Waals surface area contributed by atoms with Crippen molar-refractivity contribution in [3.63, 3.8) is 0 Å². The maximum atomic E-state index is 10.5. The zero-order valence-electron chi connectivity index (χ0n) is 11.4. The van der Waals surface area contributed by atoms with Gasteiger partial charge in [-0.2, -0.15) is 0 Å². The molecule has 1 saturated carbocycles. The van der Waals surface area contributed by atoms with Gasteiger partial charge >= 0.3 is 0 Å². The number of rotatable bonds is 5. The molecule has 98 valence electrons. The SMILES string of the molecule is C#CCCCC(O)C1(N(C)C)CCCCCC1. The lowest BCUT2D eigenvalue weighted by molar-refractivity contribution is -0.0230. The van der Waals surface area contributed by atoms with Crippen LogP contribution in [0.5, 0.6) is 0 Å². The molecule has 0 aromatic heterocycles. The fourth-order valence-corrected chi connectivity index (χ4v) is 3.09. The van der Waals surface area contributed by atoms with Crippen molar-refractivity contribution in [2.24, 2.45) is 0 Å². The summed E-state index contributed by atoms with van der Waals surface area (Å²) in [5, 5.41) is 10.5. The Bertz CT molecular complexity index is 246. The van der Waals surface area contributed by atoms with Crippen LogP contribution in [0.1, 0.15) is 57.8 Å². The number of likely N-dealkylation sites (N-methyl/N-ethyl adjacent to an activating group) is 1. The van der Waals surface area contributed by atoms with E-state index < -0.39 is 0 Å². The molecule has 0 bridgehead atoms. The van der Waals surface area contributed by atoms with E-state index in [1.165, 1.54) is 25.7 Å². The first-order valence-corrected chi connectivity index (χ1v) is 6.92. The third-order valence-corrected chi connectivity index (χ3v) is 4.28. The van der Waals surface area contributed by atoms with Crippen molar-refractivity contribution < 1.29 is 5.11 Å². The third kappa shape index (κ3) is 3.72. The number of hydrogen-bond donors (Lipinski definition) is 1. The summed E-state index contributed by atoms with van der Waals surface area (Å²) in [4.78, 5) is 2.25. The van der Waals surface area contributed by atoms with Gasteiger partial charge in [-0.05, 0) is 39.8 Å². The van der Waals surface area contributed by atoms with E-state index in [0.717, 1.165) is 32.1 Å². The summed E-state index contributed by atoms with van der Waals surface area (Å²) in [7, 11) is 4.21. The van der Waals surface area contributed by atoms with Crippen LogP contribution >= 0.6 is 0 Å². The Kier molecular flexibility index (Phi) is 6.02. The maximum Gasteiger partial charge on any atom is 0.0724 e. The normalized spacial score (nSPS) is 21.8. The average molecular weight is 237 g/mol. The quantitative estimate of drug-likeness (QED) is 0.451. The highest BCUT2D eigenvalue weighted by atomic mass is 16.3. The summed E-state index contributed by atoms with van der Waals surface area (Å²) >= 11 is 0. The van der Waals surface area contributed by atoms with Crippen LogP contribution in [0.25, 0.3) is 0 Å². The molecule has 1 aliphatic rings. The van der Waals surface area contributed by atoms with Gasteiger partial charge in [-0.3, -0.25) is 0 Å². The number of nitrogens with zero attached hydrogens (tertiary/aromatic N) is 1. The van der Waals surface area contributed by atoms with Crippen molar-refractivity contribution in [2.75, 3.05) is 14.1 Å². The van der Waals surface area contributed by atoms with Crippen LogP contribution in [-0.2, 0) is 0 Å². The first-order chi connectivity index (χ1) is 8.13. The van der Waals surface area contributed by atoms with Crippen LogP contribution in [0.2, 0.25) is 0 Å². The van der Waals surface area contributed by atoms with Gasteiger partial charge in [0.2, 0.25) is 0 Å². The van der Waals surface area contributed by atoms with Crippen molar-refractivity contribution in [2.45, 2.75) is 69.4 Å². The smallest absolute Gasteiger partial charge is 0.0724 e. The summed E-state index contributed by atoms with van der Waals surface area (Å²) in [5.41, 5.74) is -0.00883. The minimum atomic E-state index is -0.232. The lowest BCUT2D eigenvalue weighted by Gasteiger charge is -2.43. The standard InChI is InChI=1S/C15H27NO/c1-4-5-8-11-14(17)15(16(2)3)12-9-6-7-10-13-15/h1,14,17H,5-13H2,2-3H3. The van der Waals surface area contributed by atoms with Crippen molar-refractivity contribution in [3.8, 4) is 12.3 Å². The van der Waals surface area contributed by atoms with E-state index in [1.54, 1.807) is 0 Å². The van der Waals surface area contributed by atoms with Gasteiger partial charge in [0, 0.05) is 12.0 Å². The maximum absolute atomic E-state index is 10.5. The molecule has 0 saturated heterocycles. The van der Waals surface area contributed by atoms with Crippen LogP contribution < -0.4 is 0 Å². The second-order valence-electron chi connectivity index (χ2n) is 5.52. The fraction of sp³-hybridized carbons (Fsp3) is 0.867. The van der Waals surface area contributed by atoms with Crippen molar-refractivity contribution >= 4 is 0 Å². The topological polar surface area (TPSA) is 23.5 Å². The zero-order valence-corrected chi connectivity index (χ0v) is 11.4. The van der Waals surface area contributed by atoms with E-state index in [2.05, 4.69) is 24.9 Å². The van der Waals surface area contributed by atoms with Gasteiger partial charge in [0.25, 0.3) is 0 Å². The number of hydrogen-bond acceptors (Lipinski definition) is 2. The van der Waals surface area contributed by atoms with Gasteiger partial charge in [-0.15, -0.1) is 12.3 Å². The fourth-order valence-electron chi connectivity index (χ4n) is 3.09. The highest BCUT2D eigenvalue weighted by Gasteiger charge is 2.39. The summed E-state index contributed by atoms with van der Waals surface area (Å²) < 4.78 is 0. The minimum absolute atomic E-state index is 0.00883. The molecule has 0 radical (unpaired) electrons. The number of unbranched alkanes of at least 4 members (excludes halogenated alkanes) is 1. The second-order valence-corrected chi connectivity index (χ2v) is 5.52. The Hall–Kier alpha value is -0.520. The van der Waals surface area contributed by atoms with E-state index in [1.807, 2.05) is 0 Å². The Labute approximate surface area is 106 Å². The Morgan fingerprint density at radius 1 is 1.24 bits per heavy atom. The van der Waals surface area contributed by atoms with Crippen molar-refractivity contribution in [1.29, 1.82) is 0 Å². The first-order valence-electron chi connectivity index (χ1n) is 6.92. The van der Waals surface area contributed by atoms with Crippen LogP contribution in [0.3, 0.4) is 0 Å². The number of aliphatic hydroxyl groups is 1. The average Bonchev–Trinajstić information content (AvgIpc) is 2.55.